The van der Waals surface area contributed by atoms with Crippen molar-refractivity contribution < 1.29 is 4.79 Å². The molecule has 0 saturated carbocycles. The summed E-state index contributed by atoms with van der Waals surface area (Å²) < 4.78 is 2.01. The number of hydrogen-bond acceptors (Lipinski definition) is 4. The van der Waals surface area contributed by atoms with Gasteiger partial charge < -0.3 is 9.88 Å². The predicted octanol–water partition coefficient (Wildman–Crippen LogP) is 3.95. The van der Waals surface area contributed by atoms with E-state index in [-0.39, 0.29) is 18.4 Å². The number of para-hydroxylation sites is 1. The minimum Gasteiger partial charge on any atom is -0.346 e. The molecule has 4 aromatic rings. The maximum Gasteiger partial charge on any atom is 0.226 e. The van der Waals surface area contributed by atoms with Crippen molar-refractivity contribution in [2.45, 2.75) is 12.5 Å². The third-order valence-electron chi connectivity index (χ3n) is 4.57. The summed E-state index contributed by atoms with van der Waals surface area (Å²) in [6.07, 6.45) is 4.16. The van der Waals surface area contributed by atoms with Crippen molar-refractivity contribution in [2.75, 3.05) is 5.32 Å². The van der Waals surface area contributed by atoms with Gasteiger partial charge in [0, 0.05) is 23.0 Å². The van der Waals surface area contributed by atoms with Gasteiger partial charge in [-0.25, -0.2) is 0 Å². The molecule has 4 rings (SSSR count). The van der Waals surface area contributed by atoms with Crippen LogP contribution in [0.3, 0.4) is 0 Å². The van der Waals surface area contributed by atoms with E-state index in [1.54, 1.807) is 7.05 Å². The van der Waals surface area contributed by atoms with Crippen molar-refractivity contribution in [3.8, 4) is 11.4 Å². The van der Waals surface area contributed by atoms with E-state index in [1.807, 2.05) is 77.6 Å². The quantitative estimate of drug-likeness (QED) is 0.526. The Labute approximate surface area is 172 Å². The van der Waals surface area contributed by atoms with Crippen molar-refractivity contribution in [2.24, 2.45) is 7.05 Å². The minimum absolute atomic E-state index is 0.116. The topological polar surface area (TPSA) is 77.6 Å². The lowest BCUT2D eigenvalue weighted by Crippen LogP contribution is -2.20. The molecule has 2 aromatic carbocycles. The Bertz CT molecular complexity index is 1100. The molecule has 146 valence electrons. The van der Waals surface area contributed by atoms with Crippen LogP contribution in [-0.2, 0) is 11.8 Å². The van der Waals surface area contributed by atoms with Crippen LogP contribution in [0.25, 0.3) is 11.4 Å². The first-order chi connectivity index (χ1) is 14.1. The van der Waals surface area contributed by atoms with Crippen LogP contribution >= 0.6 is 11.6 Å². The van der Waals surface area contributed by atoms with Gasteiger partial charge in [-0.1, -0.05) is 35.9 Å². The third kappa shape index (κ3) is 4.35. The second kappa shape index (κ2) is 8.28. The van der Waals surface area contributed by atoms with E-state index >= 15 is 0 Å². The number of carbonyl (C=O) groups excluding carboxylic acids is 1. The summed E-state index contributed by atoms with van der Waals surface area (Å²) in [6, 6.07) is 18.7. The maximum atomic E-state index is 12.9. The molecule has 2 aromatic heterocycles. The highest BCUT2D eigenvalue weighted by atomic mass is 35.5. The molecule has 1 atom stereocenters. The largest absolute Gasteiger partial charge is 0.346 e. The number of aryl methyl sites for hydroxylation is 1. The minimum atomic E-state index is -0.149. The van der Waals surface area contributed by atoms with Gasteiger partial charge in [-0.2, -0.15) is 4.80 Å². The Balaban J connectivity index is 1.57. The van der Waals surface area contributed by atoms with Crippen LogP contribution in [0.2, 0.25) is 5.02 Å². The van der Waals surface area contributed by atoms with Crippen molar-refractivity contribution in [3.05, 3.63) is 83.6 Å². The number of nitrogens with zero attached hydrogens (tertiary/aromatic N) is 5. The van der Waals surface area contributed by atoms with Crippen LogP contribution in [0, 0.1) is 0 Å². The molecule has 2 heterocycles. The summed E-state index contributed by atoms with van der Waals surface area (Å²) in [7, 11) is 1.70. The molecule has 0 aliphatic rings. The number of hydrogen-bond donors (Lipinski definition) is 1. The van der Waals surface area contributed by atoms with Crippen LogP contribution in [0.1, 0.15) is 18.0 Å². The summed E-state index contributed by atoms with van der Waals surface area (Å²) in [5, 5.41) is 15.8. The van der Waals surface area contributed by atoms with Gasteiger partial charge in [-0.3, -0.25) is 4.79 Å². The lowest BCUT2D eigenvalue weighted by Gasteiger charge is -2.20. The molecule has 0 radical (unpaired) electrons. The zero-order chi connectivity index (χ0) is 20.2. The number of rotatable bonds is 6. The van der Waals surface area contributed by atoms with Crippen molar-refractivity contribution >= 4 is 23.2 Å². The molecule has 0 aliphatic carbocycles. The lowest BCUT2D eigenvalue weighted by molar-refractivity contribution is -0.116. The summed E-state index contributed by atoms with van der Waals surface area (Å²) in [4.78, 5) is 14.3. The lowest BCUT2D eigenvalue weighted by atomic mass is 10.0. The molecule has 7 nitrogen and oxygen atoms in total. The first-order valence-corrected chi connectivity index (χ1v) is 9.49. The van der Waals surface area contributed by atoms with Crippen LogP contribution in [0.5, 0.6) is 0 Å². The van der Waals surface area contributed by atoms with Gasteiger partial charge in [0.1, 0.15) is 0 Å². The zero-order valence-corrected chi connectivity index (χ0v) is 16.5. The van der Waals surface area contributed by atoms with Gasteiger partial charge in [-0.05, 0) is 47.2 Å². The van der Waals surface area contributed by atoms with Crippen molar-refractivity contribution in [3.63, 3.8) is 0 Å². The molecule has 0 fully saturated rings. The van der Waals surface area contributed by atoms with E-state index in [1.165, 1.54) is 4.80 Å². The fourth-order valence-electron chi connectivity index (χ4n) is 3.19. The Kier molecular flexibility index (Phi) is 5.39. The van der Waals surface area contributed by atoms with E-state index in [0.717, 1.165) is 11.1 Å². The fourth-order valence-corrected chi connectivity index (χ4v) is 3.32. The number of tetrazole rings is 1. The van der Waals surface area contributed by atoms with Crippen LogP contribution < -0.4 is 5.32 Å². The van der Waals surface area contributed by atoms with Crippen LogP contribution in [0.4, 0.5) is 5.69 Å². The standard InChI is InChI=1S/C21H19ClN6O/c1-27-25-21(24-26-27)17-6-2-3-7-18(17)23-20(29)14-19(28-12-4-5-13-28)15-8-10-16(22)11-9-15/h2-13,19H,14H2,1H3,(H,23,29)/t19-/m1/s1. The molecular formula is C21H19ClN6O. The van der Waals surface area contributed by atoms with Crippen molar-refractivity contribution in [1.29, 1.82) is 0 Å². The van der Waals surface area contributed by atoms with Gasteiger partial charge in [-0.15, -0.1) is 10.2 Å². The third-order valence-corrected chi connectivity index (χ3v) is 4.82. The van der Waals surface area contributed by atoms with E-state index < -0.39 is 0 Å². The maximum absolute atomic E-state index is 12.9. The molecule has 0 bridgehead atoms. The predicted molar refractivity (Wildman–Crippen MR) is 112 cm³/mol. The highest BCUT2D eigenvalue weighted by Crippen LogP contribution is 2.27. The highest BCUT2D eigenvalue weighted by molar-refractivity contribution is 6.30. The van der Waals surface area contributed by atoms with Crippen LogP contribution in [-0.4, -0.2) is 30.7 Å². The van der Waals surface area contributed by atoms with Gasteiger partial charge in [0.2, 0.25) is 11.7 Å². The number of anilines is 1. The Morgan fingerprint density at radius 2 is 1.79 bits per heavy atom. The number of carbonyl (C=O) groups is 1. The first kappa shape index (κ1) is 18.9. The zero-order valence-electron chi connectivity index (χ0n) is 15.7. The Morgan fingerprint density at radius 1 is 1.07 bits per heavy atom. The smallest absolute Gasteiger partial charge is 0.226 e. The molecule has 29 heavy (non-hydrogen) atoms. The number of amides is 1. The van der Waals surface area contributed by atoms with Crippen molar-refractivity contribution in [1.82, 2.24) is 24.8 Å². The molecule has 1 N–H and O–H groups in total. The SMILES string of the molecule is Cn1nnc(-c2ccccc2NC(=O)C[C@H](c2ccc(Cl)cc2)n2cccc2)n1. The average molecular weight is 407 g/mol. The average Bonchev–Trinajstić information content (AvgIpc) is 3.39. The Morgan fingerprint density at radius 3 is 2.48 bits per heavy atom. The van der Waals surface area contributed by atoms with Gasteiger partial charge in [0.25, 0.3) is 0 Å². The first-order valence-electron chi connectivity index (χ1n) is 9.11. The molecule has 0 spiro atoms. The second-order valence-electron chi connectivity index (χ2n) is 6.60. The number of halogens is 1. The molecule has 8 heteroatoms. The Hall–Kier alpha value is -3.45. The number of aromatic nitrogens is 5. The summed E-state index contributed by atoms with van der Waals surface area (Å²) in [6.45, 7) is 0. The molecular weight excluding hydrogens is 388 g/mol. The number of nitrogens with one attached hydrogen (secondary N) is 1. The van der Waals surface area contributed by atoms with Gasteiger partial charge in [0.15, 0.2) is 0 Å². The van der Waals surface area contributed by atoms with E-state index in [2.05, 4.69) is 20.7 Å². The normalized spacial score (nSPS) is 11.9. The van der Waals surface area contributed by atoms with Gasteiger partial charge in [0.05, 0.1) is 25.2 Å². The van der Waals surface area contributed by atoms with Gasteiger partial charge >= 0.3 is 0 Å². The highest BCUT2D eigenvalue weighted by Gasteiger charge is 2.19. The summed E-state index contributed by atoms with van der Waals surface area (Å²) in [5.41, 5.74) is 2.37. The molecule has 0 aliphatic heterocycles. The fraction of sp³-hybridized carbons (Fsp3) is 0.143. The summed E-state index contributed by atoms with van der Waals surface area (Å²) in [5.74, 6) is 0.345. The molecule has 1 amide bonds. The summed E-state index contributed by atoms with van der Waals surface area (Å²) >= 11 is 6.03. The van der Waals surface area contributed by atoms with E-state index in [9.17, 15) is 4.79 Å². The van der Waals surface area contributed by atoms with Crippen LogP contribution in [0.15, 0.2) is 73.1 Å². The second-order valence-corrected chi connectivity index (χ2v) is 7.03. The van der Waals surface area contributed by atoms with E-state index in [4.69, 9.17) is 11.6 Å². The van der Waals surface area contributed by atoms with E-state index in [0.29, 0.717) is 16.5 Å². The number of benzene rings is 2. The molecule has 0 unspecified atom stereocenters. The molecule has 0 saturated heterocycles. The monoisotopic (exact) mass is 406 g/mol.